The number of rotatable bonds is 1. The Morgan fingerprint density at radius 1 is 1.64 bits per heavy atom. The van der Waals surface area contributed by atoms with Crippen LogP contribution in [-0.4, -0.2) is 36.1 Å². The van der Waals surface area contributed by atoms with Crippen molar-refractivity contribution in [1.29, 1.82) is 0 Å². The van der Waals surface area contributed by atoms with Crippen LogP contribution in [0.25, 0.3) is 0 Å². The molecule has 1 aliphatic rings. The van der Waals surface area contributed by atoms with E-state index in [9.17, 15) is 9.59 Å². The molecule has 0 aromatic heterocycles. The Bertz CT molecular complexity index is 171. The lowest BCUT2D eigenvalue weighted by atomic mass is 10.2. The van der Waals surface area contributed by atoms with Gasteiger partial charge in [-0.15, -0.1) is 12.4 Å². The summed E-state index contributed by atoms with van der Waals surface area (Å²) in [6.07, 6.45) is 0. The van der Waals surface area contributed by atoms with Crippen molar-refractivity contribution in [3.8, 4) is 0 Å². The largest absolute Gasteiger partial charge is 0.480 e. The highest BCUT2D eigenvalue weighted by Gasteiger charge is 2.22. The summed E-state index contributed by atoms with van der Waals surface area (Å²) >= 11 is 0. The predicted octanol–water partition coefficient (Wildman–Crippen LogP) is -1.42. The molecule has 0 aliphatic carbocycles. The van der Waals surface area contributed by atoms with Gasteiger partial charge in [0.25, 0.3) is 0 Å². The average Bonchev–Trinajstić information content (AvgIpc) is 1.88. The molecule has 0 aromatic carbocycles. The minimum absolute atomic E-state index is 0. The van der Waals surface area contributed by atoms with Gasteiger partial charge in [0.1, 0.15) is 6.04 Å². The third-order valence-corrected chi connectivity index (χ3v) is 1.27. The Morgan fingerprint density at radius 3 is 2.64 bits per heavy atom. The quantitative estimate of drug-likeness (QED) is 0.463. The van der Waals surface area contributed by atoms with Gasteiger partial charge in [-0.1, -0.05) is 0 Å². The van der Waals surface area contributed by atoms with Gasteiger partial charge in [0.15, 0.2) is 0 Å². The first-order chi connectivity index (χ1) is 4.70. The molecule has 3 N–H and O–H groups in total. The van der Waals surface area contributed by atoms with Crippen molar-refractivity contribution >= 4 is 24.3 Å². The van der Waals surface area contributed by atoms with Crippen LogP contribution < -0.4 is 10.6 Å². The van der Waals surface area contributed by atoms with E-state index < -0.39 is 12.0 Å². The normalized spacial score (nSPS) is 23.3. The fraction of sp³-hybridized carbons (Fsp3) is 0.600. The number of aliphatic carboxylic acids is 1. The number of carbonyl (C=O) groups is 2. The number of carbonyl (C=O) groups excluding carboxylic acids is 1. The molecular weight excluding hydrogens is 172 g/mol. The second kappa shape index (κ2) is 4.15. The third-order valence-electron chi connectivity index (χ3n) is 1.27. The summed E-state index contributed by atoms with van der Waals surface area (Å²) in [5.41, 5.74) is 0. The van der Waals surface area contributed by atoms with Crippen molar-refractivity contribution in [2.24, 2.45) is 0 Å². The first kappa shape index (κ1) is 10.2. The number of piperazine rings is 1. The number of hydrogen-bond donors (Lipinski definition) is 3. The second-order valence-electron chi connectivity index (χ2n) is 2.09. The number of carboxylic acids is 1. The Balaban J connectivity index is 0.000001000. The fourth-order valence-corrected chi connectivity index (χ4v) is 0.775. The summed E-state index contributed by atoms with van der Waals surface area (Å²) in [5.74, 6) is -1.26. The van der Waals surface area contributed by atoms with Crippen molar-refractivity contribution in [1.82, 2.24) is 10.6 Å². The minimum atomic E-state index is -0.999. The highest BCUT2D eigenvalue weighted by atomic mass is 35.5. The third kappa shape index (κ3) is 2.73. The molecule has 1 rings (SSSR count). The van der Waals surface area contributed by atoms with E-state index in [1.54, 1.807) is 0 Å². The van der Waals surface area contributed by atoms with Gasteiger partial charge in [-0.2, -0.15) is 0 Å². The summed E-state index contributed by atoms with van der Waals surface area (Å²) in [6.45, 7) is 0.519. The van der Waals surface area contributed by atoms with E-state index in [1.807, 2.05) is 0 Å². The molecule has 6 heteroatoms. The molecule has 0 bridgehead atoms. The van der Waals surface area contributed by atoms with Gasteiger partial charge in [0.05, 0.1) is 6.54 Å². The van der Waals surface area contributed by atoms with Crippen molar-refractivity contribution < 1.29 is 14.7 Å². The lowest BCUT2D eigenvalue weighted by Gasteiger charge is -2.19. The fourth-order valence-electron chi connectivity index (χ4n) is 0.775. The van der Waals surface area contributed by atoms with E-state index in [4.69, 9.17) is 5.11 Å². The summed E-state index contributed by atoms with van der Waals surface area (Å²) in [7, 11) is 0. The molecule has 0 unspecified atom stereocenters. The summed E-state index contributed by atoms with van der Waals surface area (Å²) < 4.78 is 0. The topological polar surface area (TPSA) is 78.4 Å². The van der Waals surface area contributed by atoms with Gasteiger partial charge in [-0.3, -0.25) is 4.79 Å². The summed E-state index contributed by atoms with van der Waals surface area (Å²) in [6, 6.07) is -0.763. The highest BCUT2D eigenvalue weighted by molar-refractivity contribution is 5.86. The molecule has 0 saturated carbocycles. The van der Waals surface area contributed by atoms with E-state index in [1.165, 1.54) is 0 Å². The first-order valence-corrected chi connectivity index (χ1v) is 2.93. The van der Waals surface area contributed by atoms with Crippen LogP contribution >= 0.6 is 12.4 Å². The van der Waals surface area contributed by atoms with Crippen LogP contribution in [0.3, 0.4) is 0 Å². The maximum atomic E-state index is 10.5. The number of nitrogens with one attached hydrogen (secondary N) is 2. The molecule has 0 radical (unpaired) electrons. The number of carboxylic acid groups (broad SMARTS) is 1. The molecule has 64 valence electrons. The molecule has 1 aliphatic heterocycles. The zero-order valence-corrected chi connectivity index (χ0v) is 6.48. The van der Waals surface area contributed by atoms with Gasteiger partial charge in [0, 0.05) is 6.54 Å². The molecule has 0 aromatic rings. The van der Waals surface area contributed by atoms with Crippen LogP contribution in [0.4, 0.5) is 0 Å². The van der Waals surface area contributed by atoms with Crippen molar-refractivity contribution in [3.63, 3.8) is 0 Å². The smallest absolute Gasteiger partial charge is 0.327 e. The van der Waals surface area contributed by atoms with E-state index in [2.05, 4.69) is 10.6 Å². The zero-order valence-electron chi connectivity index (χ0n) is 5.66. The molecule has 1 amide bonds. The Kier molecular flexibility index (Phi) is 3.84. The molecule has 1 saturated heterocycles. The van der Waals surface area contributed by atoms with E-state index in [0.29, 0.717) is 6.54 Å². The molecule has 5 nitrogen and oxygen atoms in total. The highest BCUT2D eigenvalue weighted by Crippen LogP contribution is 1.86. The first-order valence-electron chi connectivity index (χ1n) is 2.93. The Hall–Kier alpha value is -0.810. The Morgan fingerprint density at radius 2 is 2.27 bits per heavy atom. The molecule has 1 heterocycles. The van der Waals surface area contributed by atoms with E-state index in [0.717, 1.165) is 0 Å². The van der Waals surface area contributed by atoms with Gasteiger partial charge in [-0.25, -0.2) is 4.79 Å². The van der Waals surface area contributed by atoms with Crippen LogP contribution in [0.15, 0.2) is 0 Å². The van der Waals surface area contributed by atoms with E-state index in [-0.39, 0.29) is 24.9 Å². The van der Waals surface area contributed by atoms with Gasteiger partial charge >= 0.3 is 5.97 Å². The van der Waals surface area contributed by atoms with Crippen LogP contribution in [0.5, 0.6) is 0 Å². The monoisotopic (exact) mass is 180 g/mol. The lowest BCUT2D eigenvalue weighted by Crippen LogP contribution is -2.55. The molecule has 1 fully saturated rings. The summed E-state index contributed by atoms with van der Waals surface area (Å²) in [4.78, 5) is 20.8. The van der Waals surface area contributed by atoms with Crippen LogP contribution in [0.1, 0.15) is 0 Å². The van der Waals surface area contributed by atoms with Gasteiger partial charge in [0.2, 0.25) is 5.91 Å². The lowest BCUT2D eigenvalue weighted by molar-refractivity contribution is -0.142. The van der Waals surface area contributed by atoms with Gasteiger partial charge in [-0.05, 0) is 0 Å². The SMILES string of the molecule is Cl.O=C1CNC[C@@H](C(=O)O)N1. The minimum Gasteiger partial charge on any atom is -0.480 e. The maximum Gasteiger partial charge on any atom is 0.327 e. The molecule has 0 spiro atoms. The molecule has 11 heavy (non-hydrogen) atoms. The van der Waals surface area contributed by atoms with Crippen LogP contribution in [0.2, 0.25) is 0 Å². The molecular formula is C5H9ClN2O3. The molecule has 1 atom stereocenters. The van der Waals surface area contributed by atoms with E-state index >= 15 is 0 Å². The van der Waals surface area contributed by atoms with Crippen molar-refractivity contribution in [3.05, 3.63) is 0 Å². The van der Waals surface area contributed by atoms with Crippen molar-refractivity contribution in [2.45, 2.75) is 6.04 Å². The van der Waals surface area contributed by atoms with Crippen LogP contribution in [0, 0.1) is 0 Å². The second-order valence-corrected chi connectivity index (χ2v) is 2.09. The van der Waals surface area contributed by atoms with Gasteiger partial charge < -0.3 is 15.7 Å². The predicted molar refractivity (Wildman–Crippen MR) is 39.7 cm³/mol. The maximum absolute atomic E-state index is 10.5. The number of amides is 1. The average molecular weight is 181 g/mol. The standard InChI is InChI=1S/C5H8N2O3.ClH/c8-4-2-6-1-3(7-4)5(9)10;/h3,6H,1-2H2,(H,7,8)(H,9,10);1H/t3-;/m0./s1. The number of halogens is 1. The Labute approximate surface area is 69.6 Å². The number of hydrogen-bond acceptors (Lipinski definition) is 3. The zero-order chi connectivity index (χ0) is 7.56. The summed E-state index contributed by atoms with van der Waals surface area (Å²) in [5, 5.41) is 13.4. The van der Waals surface area contributed by atoms with Crippen LogP contribution in [-0.2, 0) is 9.59 Å². The van der Waals surface area contributed by atoms with Crippen molar-refractivity contribution in [2.75, 3.05) is 13.1 Å².